The fourth-order valence-electron chi connectivity index (χ4n) is 4.14. The Morgan fingerprint density at radius 1 is 1.10 bits per heavy atom. The summed E-state index contributed by atoms with van der Waals surface area (Å²) in [6.07, 6.45) is 2.67. The normalized spacial score (nSPS) is 15.8. The molecule has 4 rings (SSSR count). The number of nitrogens with zero attached hydrogens (tertiary/aromatic N) is 1. The van der Waals surface area contributed by atoms with E-state index in [0.717, 1.165) is 22.5 Å². The number of rotatable bonds is 6. The van der Waals surface area contributed by atoms with E-state index in [1.54, 1.807) is 10.6 Å². The van der Waals surface area contributed by atoms with Crippen LogP contribution in [0.15, 0.2) is 78.3 Å². The number of sulfone groups is 1. The van der Waals surface area contributed by atoms with Crippen LogP contribution in [0, 0.1) is 5.41 Å². The van der Waals surface area contributed by atoms with Crippen molar-refractivity contribution in [3.8, 4) is 5.69 Å². The Morgan fingerprint density at radius 2 is 1.77 bits per heavy atom. The highest BCUT2D eigenvalue weighted by Gasteiger charge is 2.32. The molecule has 0 fully saturated rings. The zero-order valence-electron chi connectivity index (χ0n) is 17.1. The van der Waals surface area contributed by atoms with E-state index in [1.165, 1.54) is 6.08 Å². The van der Waals surface area contributed by atoms with Gasteiger partial charge >= 0.3 is 0 Å². The molecule has 0 radical (unpaired) electrons. The molecule has 7 heteroatoms. The maximum atomic E-state index is 13.0. The van der Waals surface area contributed by atoms with Gasteiger partial charge in [0.2, 0.25) is 0 Å². The fraction of sp³-hybridized carbons (Fsp3) is 0.208. The van der Waals surface area contributed by atoms with Crippen LogP contribution in [0.25, 0.3) is 5.69 Å². The van der Waals surface area contributed by atoms with Crippen molar-refractivity contribution in [2.75, 3.05) is 5.75 Å². The van der Waals surface area contributed by atoms with Crippen molar-refractivity contribution in [1.29, 1.82) is 5.41 Å². The van der Waals surface area contributed by atoms with E-state index in [-0.39, 0.29) is 29.1 Å². The number of hydrogen-bond donors (Lipinski definition) is 2. The first-order valence-electron chi connectivity index (χ1n) is 9.95. The van der Waals surface area contributed by atoms with Crippen LogP contribution in [0.3, 0.4) is 0 Å². The van der Waals surface area contributed by atoms with Crippen molar-refractivity contribution in [2.45, 2.75) is 30.3 Å². The third-order valence-electron chi connectivity index (χ3n) is 5.64. The summed E-state index contributed by atoms with van der Waals surface area (Å²) in [7, 11) is -3.58. The number of nitrogens with two attached hydrogens (primary N) is 1. The van der Waals surface area contributed by atoms with Crippen LogP contribution in [-0.4, -0.2) is 24.4 Å². The Kier molecular flexibility index (Phi) is 6.84. The van der Waals surface area contributed by atoms with Crippen LogP contribution in [-0.2, 0) is 22.8 Å². The molecule has 0 spiro atoms. The van der Waals surface area contributed by atoms with E-state index < -0.39 is 9.84 Å². The predicted molar refractivity (Wildman–Crippen MR) is 127 cm³/mol. The van der Waals surface area contributed by atoms with E-state index in [1.807, 2.05) is 42.5 Å². The van der Waals surface area contributed by atoms with Gasteiger partial charge in [-0.1, -0.05) is 48.5 Å². The van der Waals surface area contributed by atoms with E-state index >= 15 is 0 Å². The fourth-order valence-corrected chi connectivity index (χ4v) is 5.42. The van der Waals surface area contributed by atoms with E-state index in [2.05, 4.69) is 18.7 Å². The van der Waals surface area contributed by atoms with Gasteiger partial charge in [-0.25, -0.2) is 8.42 Å². The molecule has 1 aliphatic carbocycles. The first kappa shape index (κ1) is 23.0. The summed E-state index contributed by atoms with van der Waals surface area (Å²) >= 11 is 0. The molecule has 3 aromatic rings. The lowest BCUT2D eigenvalue weighted by atomic mass is 9.82. The predicted octanol–water partition coefficient (Wildman–Crippen LogP) is 4.42. The van der Waals surface area contributed by atoms with Crippen molar-refractivity contribution in [1.82, 2.24) is 4.57 Å². The van der Waals surface area contributed by atoms with Crippen LogP contribution in [0.4, 0.5) is 0 Å². The van der Waals surface area contributed by atoms with E-state index in [4.69, 9.17) is 11.1 Å². The van der Waals surface area contributed by atoms with Crippen molar-refractivity contribution in [2.24, 2.45) is 5.73 Å². The number of aromatic nitrogens is 1. The average molecular weight is 456 g/mol. The molecule has 1 aliphatic rings. The van der Waals surface area contributed by atoms with Gasteiger partial charge in [0.15, 0.2) is 9.84 Å². The Hall–Kier alpha value is -2.67. The molecule has 31 heavy (non-hydrogen) atoms. The topological polar surface area (TPSA) is 88.9 Å². The lowest BCUT2D eigenvalue weighted by molar-refractivity contribution is 0.589. The number of hydrogen-bond acceptors (Lipinski definition) is 4. The summed E-state index contributed by atoms with van der Waals surface area (Å²) < 4.78 is 27.9. The summed E-state index contributed by atoms with van der Waals surface area (Å²) in [5.74, 6) is -0.00945. The summed E-state index contributed by atoms with van der Waals surface area (Å²) in [5.41, 5.74) is 10.7. The molecule has 162 valence electrons. The van der Waals surface area contributed by atoms with Gasteiger partial charge in [0, 0.05) is 29.2 Å². The SMILES string of the molecule is C=CCS(=O)(=O)c1cc2c(n1-c1ccc(CN)cc1)CC(c1ccccc1)CC2=N.Cl. The van der Waals surface area contributed by atoms with Gasteiger partial charge < -0.3 is 15.7 Å². The highest BCUT2D eigenvalue weighted by Crippen LogP contribution is 2.37. The Morgan fingerprint density at radius 3 is 2.39 bits per heavy atom. The quantitative estimate of drug-likeness (QED) is 0.539. The summed E-state index contributed by atoms with van der Waals surface area (Å²) in [4.78, 5) is 0. The Bertz CT molecular complexity index is 1200. The van der Waals surface area contributed by atoms with Crippen molar-refractivity contribution >= 4 is 28.0 Å². The Labute approximate surface area is 189 Å². The third-order valence-corrected chi connectivity index (χ3v) is 7.25. The third kappa shape index (κ3) is 4.37. The van der Waals surface area contributed by atoms with Gasteiger partial charge in [-0.3, -0.25) is 0 Å². The second-order valence-electron chi connectivity index (χ2n) is 7.61. The molecule has 1 unspecified atom stereocenters. The van der Waals surface area contributed by atoms with Gasteiger partial charge in [0.25, 0.3) is 0 Å². The number of fused-ring (bicyclic) bond motifs is 1. The molecule has 0 saturated carbocycles. The number of benzene rings is 2. The minimum absolute atomic E-state index is 0. The lowest BCUT2D eigenvalue weighted by Crippen LogP contribution is -2.20. The average Bonchev–Trinajstić information content (AvgIpc) is 3.15. The highest BCUT2D eigenvalue weighted by atomic mass is 35.5. The van der Waals surface area contributed by atoms with Gasteiger partial charge in [-0.05, 0) is 48.1 Å². The molecular formula is C24H26ClN3O2S. The maximum Gasteiger partial charge on any atom is 0.197 e. The molecule has 0 saturated heterocycles. The van der Waals surface area contributed by atoms with E-state index in [0.29, 0.717) is 30.7 Å². The zero-order valence-corrected chi connectivity index (χ0v) is 18.8. The van der Waals surface area contributed by atoms with Crippen LogP contribution < -0.4 is 5.73 Å². The van der Waals surface area contributed by atoms with Crippen molar-refractivity contribution in [3.05, 3.63) is 95.7 Å². The molecule has 0 amide bonds. The molecule has 5 nitrogen and oxygen atoms in total. The molecule has 0 bridgehead atoms. The maximum absolute atomic E-state index is 13.0. The smallest absolute Gasteiger partial charge is 0.197 e. The van der Waals surface area contributed by atoms with Crippen LogP contribution in [0.5, 0.6) is 0 Å². The largest absolute Gasteiger partial charge is 0.326 e. The lowest BCUT2D eigenvalue weighted by Gasteiger charge is -2.25. The number of halogens is 1. The van der Waals surface area contributed by atoms with Crippen molar-refractivity contribution < 1.29 is 8.42 Å². The standard InChI is InChI=1S/C24H25N3O2S.ClH/c1-2-12-30(28,29)24-15-21-22(26)13-19(18-6-4-3-5-7-18)14-23(21)27(24)20-10-8-17(16-25)9-11-20;/h2-11,15,19,26H,1,12-14,16,25H2;1H. The number of nitrogens with one attached hydrogen (secondary N) is 1. The van der Waals surface area contributed by atoms with Crippen LogP contribution in [0.2, 0.25) is 0 Å². The molecule has 2 aromatic carbocycles. The van der Waals surface area contributed by atoms with Crippen LogP contribution >= 0.6 is 12.4 Å². The van der Waals surface area contributed by atoms with Crippen molar-refractivity contribution in [3.63, 3.8) is 0 Å². The minimum atomic E-state index is -3.58. The molecule has 3 N–H and O–H groups in total. The van der Waals surface area contributed by atoms with E-state index in [9.17, 15) is 8.42 Å². The van der Waals surface area contributed by atoms with Gasteiger partial charge in [-0.15, -0.1) is 19.0 Å². The minimum Gasteiger partial charge on any atom is -0.326 e. The molecular weight excluding hydrogens is 430 g/mol. The molecule has 0 aliphatic heterocycles. The first-order valence-corrected chi connectivity index (χ1v) is 11.6. The molecule has 1 aromatic heterocycles. The molecule has 1 heterocycles. The highest BCUT2D eigenvalue weighted by molar-refractivity contribution is 7.91. The van der Waals surface area contributed by atoms with Crippen LogP contribution in [0.1, 0.15) is 34.7 Å². The Balaban J connectivity index is 0.00000272. The first-order chi connectivity index (χ1) is 14.4. The summed E-state index contributed by atoms with van der Waals surface area (Å²) in [6.45, 7) is 4.02. The second-order valence-corrected chi connectivity index (χ2v) is 9.59. The van der Waals surface area contributed by atoms with Gasteiger partial charge in [0.05, 0.1) is 5.75 Å². The summed E-state index contributed by atoms with van der Waals surface area (Å²) in [6, 6.07) is 19.4. The monoisotopic (exact) mass is 455 g/mol. The zero-order chi connectivity index (χ0) is 21.3. The molecule has 1 atom stereocenters. The van der Waals surface area contributed by atoms with Gasteiger partial charge in [0.1, 0.15) is 5.03 Å². The second kappa shape index (κ2) is 9.22. The summed E-state index contributed by atoms with van der Waals surface area (Å²) in [5, 5.41) is 8.86. The van der Waals surface area contributed by atoms with Gasteiger partial charge in [-0.2, -0.15) is 0 Å².